The van der Waals surface area contributed by atoms with Crippen LogP contribution in [0.3, 0.4) is 0 Å². The SMILES string of the molecule is COC(=O)CC1CS(=O)(=O)C1. The van der Waals surface area contributed by atoms with Crippen molar-refractivity contribution in [3.05, 3.63) is 0 Å². The lowest BCUT2D eigenvalue weighted by molar-refractivity contribution is -0.141. The summed E-state index contributed by atoms with van der Waals surface area (Å²) in [7, 11) is -1.49. The highest BCUT2D eigenvalue weighted by Gasteiger charge is 2.34. The number of hydrogen-bond acceptors (Lipinski definition) is 4. The van der Waals surface area contributed by atoms with Crippen LogP contribution >= 0.6 is 0 Å². The quantitative estimate of drug-likeness (QED) is 0.539. The molecule has 0 spiro atoms. The van der Waals surface area contributed by atoms with Gasteiger partial charge < -0.3 is 4.74 Å². The van der Waals surface area contributed by atoms with Gasteiger partial charge in [0.15, 0.2) is 9.84 Å². The van der Waals surface area contributed by atoms with Crippen molar-refractivity contribution < 1.29 is 17.9 Å². The fourth-order valence-electron chi connectivity index (χ4n) is 1.11. The molecule has 0 bridgehead atoms. The number of hydrogen-bond donors (Lipinski definition) is 0. The molecule has 0 radical (unpaired) electrons. The van der Waals surface area contributed by atoms with Crippen molar-refractivity contribution in [2.24, 2.45) is 5.92 Å². The minimum atomic E-state index is -2.79. The zero-order valence-corrected chi connectivity index (χ0v) is 7.06. The molecule has 1 fully saturated rings. The van der Waals surface area contributed by atoms with Gasteiger partial charge in [0, 0.05) is 0 Å². The summed E-state index contributed by atoms with van der Waals surface area (Å²) in [5, 5.41) is 0. The Balaban J connectivity index is 2.29. The first-order valence-electron chi connectivity index (χ1n) is 3.31. The third kappa shape index (κ3) is 2.18. The second kappa shape index (κ2) is 2.81. The van der Waals surface area contributed by atoms with Gasteiger partial charge in [0.05, 0.1) is 25.0 Å². The normalized spacial score (nSPS) is 22.3. The van der Waals surface area contributed by atoms with E-state index in [0.717, 1.165) is 0 Å². The predicted octanol–water partition coefficient (Wildman–Crippen LogP) is -0.406. The number of ether oxygens (including phenoxy) is 1. The maximum atomic E-state index is 10.6. The molecule has 11 heavy (non-hydrogen) atoms. The van der Waals surface area contributed by atoms with Crippen molar-refractivity contribution in [1.29, 1.82) is 0 Å². The molecule has 0 aromatic rings. The van der Waals surface area contributed by atoms with E-state index in [4.69, 9.17) is 0 Å². The van der Waals surface area contributed by atoms with Crippen LogP contribution in [-0.2, 0) is 19.4 Å². The lowest BCUT2D eigenvalue weighted by Gasteiger charge is -2.23. The molecule has 0 aromatic heterocycles. The first-order chi connectivity index (χ1) is 5.03. The van der Waals surface area contributed by atoms with Gasteiger partial charge in [-0.1, -0.05) is 0 Å². The number of rotatable bonds is 2. The molecule has 0 amide bonds. The second-order valence-corrected chi connectivity index (χ2v) is 4.88. The fraction of sp³-hybridized carbons (Fsp3) is 0.833. The van der Waals surface area contributed by atoms with Gasteiger partial charge in [-0.05, 0) is 5.92 Å². The van der Waals surface area contributed by atoms with Crippen molar-refractivity contribution in [3.8, 4) is 0 Å². The third-order valence-electron chi connectivity index (χ3n) is 1.66. The van der Waals surface area contributed by atoms with Gasteiger partial charge >= 0.3 is 5.97 Å². The summed E-state index contributed by atoms with van der Waals surface area (Å²) in [5.74, 6) is -0.0538. The van der Waals surface area contributed by atoms with Crippen LogP contribution < -0.4 is 0 Å². The largest absolute Gasteiger partial charge is 0.469 e. The monoisotopic (exact) mass is 178 g/mol. The molecule has 1 aliphatic rings. The van der Waals surface area contributed by atoms with E-state index in [1.54, 1.807) is 0 Å². The van der Waals surface area contributed by atoms with Crippen molar-refractivity contribution in [3.63, 3.8) is 0 Å². The first-order valence-corrected chi connectivity index (χ1v) is 5.13. The van der Waals surface area contributed by atoms with Crippen LogP contribution in [0.4, 0.5) is 0 Å². The topological polar surface area (TPSA) is 60.4 Å². The van der Waals surface area contributed by atoms with E-state index in [1.807, 2.05) is 0 Å². The fourth-order valence-corrected chi connectivity index (χ4v) is 2.68. The molecule has 1 heterocycles. The number of carbonyl (C=O) groups is 1. The van der Waals surface area contributed by atoms with E-state index in [9.17, 15) is 13.2 Å². The summed E-state index contributed by atoms with van der Waals surface area (Å²) >= 11 is 0. The summed E-state index contributed by atoms with van der Waals surface area (Å²) in [5.41, 5.74) is 0. The summed E-state index contributed by atoms with van der Waals surface area (Å²) in [6.45, 7) is 0. The molecule has 64 valence electrons. The van der Waals surface area contributed by atoms with Gasteiger partial charge in [-0.2, -0.15) is 0 Å². The lowest BCUT2D eigenvalue weighted by atomic mass is 10.1. The van der Waals surface area contributed by atoms with E-state index in [2.05, 4.69) is 4.74 Å². The Bertz CT molecular complexity index is 242. The average molecular weight is 178 g/mol. The highest BCUT2D eigenvalue weighted by Crippen LogP contribution is 2.21. The molecule has 5 heteroatoms. The Hall–Kier alpha value is -0.580. The third-order valence-corrected chi connectivity index (χ3v) is 3.62. The van der Waals surface area contributed by atoms with Gasteiger partial charge in [0.1, 0.15) is 0 Å². The molecule has 0 aliphatic carbocycles. The van der Waals surface area contributed by atoms with E-state index in [-0.39, 0.29) is 29.8 Å². The lowest BCUT2D eigenvalue weighted by Crippen LogP contribution is -2.37. The highest BCUT2D eigenvalue weighted by atomic mass is 32.2. The van der Waals surface area contributed by atoms with Gasteiger partial charge in [-0.25, -0.2) is 8.42 Å². The minimum absolute atomic E-state index is 0.00699. The molecule has 1 saturated heterocycles. The van der Waals surface area contributed by atoms with Crippen LogP contribution in [0.1, 0.15) is 6.42 Å². The van der Waals surface area contributed by atoms with Crippen LogP contribution in [-0.4, -0.2) is 33.0 Å². The van der Waals surface area contributed by atoms with Crippen LogP contribution in [0, 0.1) is 5.92 Å². The number of sulfone groups is 1. The summed E-state index contributed by atoms with van der Waals surface area (Å²) < 4.78 is 25.6. The maximum Gasteiger partial charge on any atom is 0.305 e. The Morgan fingerprint density at radius 2 is 2.09 bits per heavy atom. The Morgan fingerprint density at radius 3 is 2.45 bits per heavy atom. The summed E-state index contributed by atoms with van der Waals surface area (Å²) in [6.07, 6.45) is 0.232. The van der Waals surface area contributed by atoms with Crippen LogP contribution in [0.25, 0.3) is 0 Å². The van der Waals surface area contributed by atoms with Crippen molar-refractivity contribution in [2.45, 2.75) is 6.42 Å². The van der Waals surface area contributed by atoms with Crippen molar-refractivity contribution >= 4 is 15.8 Å². The van der Waals surface area contributed by atoms with Gasteiger partial charge in [0.25, 0.3) is 0 Å². The molecule has 0 saturated carbocycles. The van der Waals surface area contributed by atoms with Gasteiger partial charge in [0.2, 0.25) is 0 Å². The Morgan fingerprint density at radius 1 is 1.55 bits per heavy atom. The molecular formula is C6H10O4S. The smallest absolute Gasteiger partial charge is 0.305 e. The van der Waals surface area contributed by atoms with Gasteiger partial charge in [-0.3, -0.25) is 4.79 Å². The van der Waals surface area contributed by atoms with Crippen molar-refractivity contribution in [2.75, 3.05) is 18.6 Å². The highest BCUT2D eigenvalue weighted by molar-refractivity contribution is 7.92. The number of esters is 1. The molecule has 0 unspecified atom stereocenters. The molecular weight excluding hydrogens is 168 g/mol. The second-order valence-electron chi connectivity index (χ2n) is 2.72. The van der Waals surface area contributed by atoms with E-state index >= 15 is 0 Å². The van der Waals surface area contributed by atoms with E-state index in [0.29, 0.717) is 0 Å². The Kier molecular flexibility index (Phi) is 2.17. The van der Waals surface area contributed by atoms with Crippen LogP contribution in [0.5, 0.6) is 0 Å². The molecule has 0 aromatic carbocycles. The molecule has 0 N–H and O–H groups in total. The molecule has 1 aliphatic heterocycles. The summed E-state index contributed by atoms with van der Waals surface area (Å²) in [6, 6.07) is 0. The first kappa shape index (κ1) is 8.52. The van der Waals surface area contributed by atoms with E-state index in [1.165, 1.54) is 7.11 Å². The number of carbonyl (C=O) groups excluding carboxylic acids is 1. The molecule has 0 atom stereocenters. The predicted molar refractivity (Wildman–Crippen MR) is 38.8 cm³/mol. The number of methoxy groups -OCH3 is 1. The molecule has 4 nitrogen and oxygen atoms in total. The van der Waals surface area contributed by atoms with E-state index < -0.39 is 9.84 Å². The average Bonchev–Trinajstić information content (AvgIpc) is 1.83. The zero-order chi connectivity index (χ0) is 8.48. The summed E-state index contributed by atoms with van der Waals surface area (Å²) in [4.78, 5) is 10.6. The zero-order valence-electron chi connectivity index (χ0n) is 6.24. The maximum absolute atomic E-state index is 10.6. The van der Waals surface area contributed by atoms with Crippen LogP contribution in [0.2, 0.25) is 0 Å². The molecule has 1 rings (SSSR count). The minimum Gasteiger partial charge on any atom is -0.469 e. The van der Waals surface area contributed by atoms with Crippen molar-refractivity contribution in [1.82, 2.24) is 0 Å². The standard InChI is InChI=1S/C6H10O4S/c1-10-6(7)2-5-3-11(8,9)4-5/h5H,2-4H2,1H3. The van der Waals surface area contributed by atoms with Gasteiger partial charge in [-0.15, -0.1) is 0 Å². The van der Waals surface area contributed by atoms with Crippen LogP contribution in [0.15, 0.2) is 0 Å². The Labute approximate surface area is 65.5 Å².